The molecule has 19 heavy (non-hydrogen) atoms. The normalized spacial score (nSPS) is 10.8. The maximum Gasteiger partial charge on any atom is 0.0234 e. The first kappa shape index (κ1) is 12.3. The highest BCUT2D eigenvalue weighted by Crippen LogP contribution is 2.27. The molecule has 3 aromatic rings. The summed E-state index contributed by atoms with van der Waals surface area (Å²) >= 11 is 1.90. The Bertz CT molecular complexity index is 686. The maximum atomic E-state index is 2.32. The van der Waals surface area contributed by atoms with Gasteiger partial charge in [0.25, 0.3) is 0 Å². The quantitative estimate of drug-likeness (QED) is 0.567. The Morgan fingerprint density at radius 1 is 0.789 bits per heavy atom. The first-order chi connectivity index (χ1) is 9.33. The Morgan fingerprint density at radius 2 is 1.42 bits per heavy atom. The summed E-state index contributed by atoms with van der Waals surface area (Å²) < 4.78 is 0. The van der Waals surface area contributed by atoms with Crippen molar-refractivity contribution < 1.29 is 0 Å². The van der Waals surface area contributed by atoms with Crippen molar-refractivity contribution in [2.45, 2.75) is 17.6 Å². The average Bonchev–Trinajstić information content (AvgIpc) is 2.46. The highest BCUT2D eigenvalue weighted by molar-refractivity contribution is 7.98. The SMILES string of the molecule is Cc1cc2ccccc2cc1CSc1ccccc1. The van der Waals surface area contributed by atoms with Crippen LogP contribution in [0.25, 0.3) is 10.8 Å². The van der Waals surface area contributed by atoms with Crippen molar-refractivity contribution in [3.63, 3.8) is 0 Å². The van der Waals surface area contributed by atoms with Crippen molar-refractivity contribution in [2.75, 3.05) is 0 Å². The van der Waals surface area contributed by atoms with E-state index in [9.17, 15) is 0 Å². The molecule has 0 heterocycles. The molecule has 0 bridgehead atoms. The zero-order chi connectivity index (χ0) is 13.1. The van der Waals surface area contributed by atoms with Crippen LogP contribution in [0.1, 0.15) is 11.1 Å². The third kappa shape index (κ3) is 2.82. The summed E-state index contributed by atoms with van der Waals surface area (Å²) in [4.78, 5) is 1.33. The predicted molar refractivity (Wildman–Crippen MR) is 84.7 cm³/mol. The number of thioether (sulfide) groups is 1. The topological polar surface area (TPSA) is 0 Å². The van der Waals surface area contributed by atoms with Crippen LogP contribution in [0.2, 0.25) is 0 Å². The van der Waals surface area contributed by atoms with Gasteiger partial charge in [0.2, 0.25) is 0 Å². The number of hydrogen-bond acceptors (Lipinski definition) is 1. The lowest BCUT2D eigenvalue weighted by Crippen LogP contribution is -1.87. The molecule has 0 amide bonds. The molecule has 0 fully saturated rings. The third-order valence-electron chi connectivity index (χ3n) is 3.34. The zero-order valence-corrected chi connectivity index (χ0v) is 11.8. The van der Waals surface area contributed by atoms with E-state index >= 15 is 0 Å². The molecule has 0 radical (unpaired) electrons. The molecule has 1 heteroatoms. The van der Waals surface area contributed by atoms with Gasteiger partial charge in [0, 0.05) is 10.6 Å². The molecular formula is C18H16S. The smallest absolute Gasteiger partial charge is 0.0234 e. The van der Waals surface area contributed by atoms with Gasteiger partial charge >= 0.3 is 0 Å². The monoisotopic (exact) mass is 264 g/mol. The van der Waals surface area contributed by atoms with Crippen molar-refractivity contribution >= 4 is 22.5 Å². The minimum atomic E-state index is 1.03. The van der Waals surface area contributed by atoms with E-state index in [0.717, 1.165) is 5.75 Å². The Balaban J connectivity index is 1.86. The lowest BCUT2D eigenvalue weighted by atomic mass is 10.0. The van der Waals surface area contributed by atoms with Crippen LogP contribution >= 0.6 is 11.8 Å². The van der Waals surface area contributed by atoms with Gasteiger partial charge in [-0.3, -0.25) is 0 Å². The fourth-order valence-electron chi connectivity index (χ4n) is 2.23. The fourth-order valence-corrected chi connectivity index (χ4v) is 3.22. The van der Waals surface area contributed by atoms with E-state index in [1.54, 1.807) is 0 Å². The second kappa shape index (κ2) is 5.50. The van der Waals surface area contributed by atoms with E-state index in [4.69, 9.17) is 0 Å². The molecule has 0 saturated carbocycles. The minimum absolute atomic E-state index is 1.03. The lowest BCUT2D eigenvalue weighted by molar-refractivity contribution is 1.32. The van der Waals surface area contributed by atoms with Gasteiger partial charge in [0.05, 0.1) is 0 Å². The van der Waals surface area contributed by atoms with Gasteiger partial charge < -0.3 is 0 Å². The Kier molecular flexibility index (Phi) is 3.56. The number of aryl methyl sites for hydroxylation is 1. The number of benzene rings is 3. The van der Waals surface area contributed by atoms with Crippen molar-refractivity contribution in [2.24, 2.45) is 0 Å². The average molecular weight is 264 g/mol. The Labute approximate surface area is 118 Å². The van der Waals surface area contributed by atoms with E-state index in [1.807, 2.05) is 11.8 Å². The standard InChI is InChI=1S/C18H16S/c1-14-11-15-7-5-6-8-16(15)12-17(14)13-19-18-9-3-2-4-10-18/h2-12H,13H2,1H3. The highest BCUT2D eigenvalue weighted by Gasteiger charge is 2.02. The molecule has 3 rings (SSSR count). The van der Waals surface area contributed by atoms with E-state index in [1.165, 1.54) is 26.8 Å². The zero-order valence-electron chi connectivity index (χ0n) is 11.0. The van der Waals surface area contributed by atoms with E-state index in [0.29, 0.717) is 0 Å². The second-order valence-corrected chi connectivity index (χ2v) is 5.78. The van der Waals surface area contributed by atoms with Crippen LogP contribution in [0.3, 0.4) is 0 Å². The van der Waals surface area contributed by atoms with Gasteiger partial charge in [0.15, 0.2) is 0 Å². The van der Waals surface area contributed by atoms with Gasteiger partial charge in [-0.05, 0) is 41.0 Å². The first-order valence-corrected chi connectivity index (χ1v) is 7.47. The number of rotatable bonds is 3. The molecule has 0 aliphatic rings. The van der Waals surface area contributed by atoms with Crippen LogP contribution in [-0.4, -0.2) is 0 Å². The molecule has 0 atom stereocenters. The molecule has 0 saturated heterocycles. The maximum absolute atomic E-state index is 2.32. The van der Waals surface area contributed by atoms with Crippen molar-refractivity contribution in [3.8, 4) is 0 Å². The fraction of sp³-hybridized carbons (Fsp3) is 0.111. The molecular weight excluding hydrogens is 248 g/mol. The second-order valence-electron chi connectivity index (χ2n) is 4.73. The summed E-state index contributed by atoms with van der Waals surface area (Å²) in [5.74, 6) is 1.03. The van der Waals surface area contributed by atoms with Crippen molar-refractivity contribution in [1.29, 1.82) is 0 Å². The van der Waals surface area contributed by atoms with E-state index < -0.39 is 0 Å². The molecule has 0 aliphatic heterocycles. The number of hydrogen-bond donors (Lipinski definition) is 0. The molecule has 3 aromatic carbocycles. The summed E-state index contributed by atoms with van der Waals surface area (Å²) in [6.07, 6.45) is 0. The summed E-state index contributed by atoms with van der Waals surface area (Å²) in [5.41, 5.74) is 2.80. The molecule has 0 N–H and O–H groups in total. The predicted octanol–water partition coefficient (Wildman–Crippen LogP) is 5.44. The van der Waals surface area contributed by atoms with E-state index in [2.05, 4.69) is 73.7 Å². The largest absolute Gasteiger partial charge is 0.121 e. The highest BCUT2D eigenvalue weighted by atomic mass is 32.2. The Hall–Kier alpha value is -1.73. The number of fused-ring (bicyclic) bond motifs is 1. The van der Waals surface area contributed by atoms with Crippen LogP contribution in [-0.2, 0) is 5.75 Å². The van der Waals surface area contributed by atoms with Crippen LogP contribution in [0, 0.1) is 6.92 Å². The van der Waals surface area contributed by atoms with Crippen LogP contribution in [0.4, 0.5) is 0 Å². The first-order valence-electron chi connectivity index (χ1n) is 6.49. The molecule has 0 aliphatic carbocycles. The third-order valence-corrected chi connectivity index (χ3v) is 4.40. The van der Waals surface area contributed by atoms with Gasteiger partial charge in [-0.1, -0.05) is 54.6 Å². The van der Waals surface area contributed by atoms with Crippen LogP contribution < -0.4 is 0 Å². The molecule has 0 unspecified atom stereocenters. The Morgan fingerprint density at radius 3 is 2.16 bits per heavy atom. The summed E-state index contributed by atoms with van der Waals surface area (Å²) in [6.45, 7) is 2.20. The van der Waals surface area contributed by atoms with Crippen molar-refractivity contribution in [3.05, 3.63) is 77.9 Å². The summed E-state index contributed by atoms with van der Waals surface area (Å²) in [5, 5.41) is 2.66. The molecule has 94 valence electrons. The van der Waals surface area contributed by atoms with Gasteiger partial charge in [-0.15, -0.1) is 11.8 Å². The van der Waals surface area contributed by atoms with Gasteiger partial charge in [0.1, 0.15) is 0 Å². The van der Waals surface area contributed by atoms with Gasteiger partial charge in [-0.25, -0.2) is 0 Å². The van der Waals surface area contributed by atoms with Crippen LogP contribution in [0.15, 0.2) is 71.6 Å². The van der Waals surface area contributed by atoms with Crippen LogP contribution in [0.5, 0.6) is 0 Å². The van der Waals surface area contributed by atoms with Crippen molar-refractivity contribution in [1.82, 2.24) is 0 Å². The molecule has 0 nitrogen and oxygen atoms in total. The summed E-state index contributed by atoms with van der Waals surface area (Å²) in [7, 11) is 0. The van der Waals surface area contributed by atoms with Gasteiger partial charge in [-0.2, -0.15) is 0 Å². The lowest BCUT2D eigenvalue weighted by Gasteiger charge is -2.08. The minimum Gasteiger partial charge on any atom is -0.121 e. The summed E-state index contributed by atoms with van der Waals surface area (Å²) in [6, 6.07) is 23.8. The molecule has 0 spiro atoms. The van der Waals surface area contributed by atoms with E-state index in [-0.39, 0.29) is 0 Å². The molecule has 0 aromatic heterocycles.